The van der Waals surface area contributed by atoms with Crippen molar-refractivity contribution in [1.29, 1.82) is 0 Å². The van der Waals surface area contributed by atoms with Crippen LogP contribution in [0, 0.1) is 0 Å². The Balaban J connectivity index is 1.22. The van der Waals surface area contributed by atoms with Gasteiger partial charge in [0.05, 0.1) is 11.4 Å². The van der Waals surface area contributed by atoms with E-state index in [2.05, 4.69) is 4.90 Å². The first-order chi connectivity index (χ1) is 16.8. The molecule has 0 bridgehead atoms. The highest BCUT2D eigenvalue weighted by Gasteiger charge is 2.11. The molecule has 174 valence electrons. The highest BCUT2D eigenvalue weighted by molar-refractivity contribution is 7.99. The molecule has 0 saturated carbocycles. The van der Waals surface area contributed by atoms with Crippen LogP contribution in [0.2, 0.25) is 0 Å². The largest absolute Gasteiger partial charge is 0.492 e. The summed E-state index contributed by atoms with van der Waals surface area (Å²) in [7, 11) is 0. The van der Waals surface area contributed by atoms with E-state index in [1.807, 2.05) is 90.6 Å². The van der Waals surface area contributed by atoms with Gasteiger partial charge in [-0.3, -0.25) is 14.0 Å². The van der Waals surface area contributed by atoms with Crippen molar-refractivity contribution in [3.05, 3.63) is 102 Å². The van der Waals surface area contributed by atoms with Crippen LogP contribution < -0.4 is 15.2 Å². The van der Waals surface area contributed by atoms with Crippen molar-refractivity contribution in [3.8, 4) is 28.6 Å². The molecule has 1 saturated heterocycles. The minimum Gasteiger partial charge on any atom is -0.492 e. The number of hydrogen-bond donors (Lipinski definition) is 0. The second kappa shape index (κ2) is 10.7. The van der Waals surface area contributed by atoms with Crippen molar-refractivity contribution in [2.75, 3.05) is 37.7 Å². The summed E-state index contributed by atoms with van der Waals surface area (Å²) in [5.74, 6) is 4.72. The maximum Gasteiger partial charge on any atom is 0.337 e. The van der Waals surface area contributed by atoms with E-state index in [0.717, 1.165) is 48.3 Å². The molecule has 0 atom stereocenters. The van der Waals surface area contributed by atoms with Crippen molar-refractivity contribution in [2.45, 2.75) is 0 Å². The number of nitrogens with zero attached hydrogens (tertiary/aromatic N) is 3. The lowest BCUT2D eigenvalue weighted by Crippen LogP contribution is -2.35. The van der Waals surface area contributed by atoms with Crippen LogP contribution in [-0.2, 0) is 0 Å². The van der Waals surface area contributed by atoms with E-state index < -0.39 is 0 Å². The Morgan fingerprint density at radius 2 is 1.26 bits per heavy atom. The predicted molar refractivity (Wildman–Crippen MR) is 137 cm³/mol. The summed E-state index contributed by atoms with van der Waals surface area (Å²) < 4.78 is 15.0. The van der Waals surface area contributed by atoms with Gasteiger partial charge in [-0.05, 0) is 60.7 Å². The van der Waals surface area contributed by atoms with Gasteiger partial charge in [0.2, 0.25) is 0 Å². The number of thioether (sulfide) groups is 1. The van der Waals surface area contributed by atoms with Crippen LogP contribution in [0.4, 0.5) is 0 Å². The van der Waals surface area contributed by atoms with E-state index in [-0.39, 0.29) is 5.69 Å². The van der Waals surface area contributed by atoms with E-state index >= 15 is 0 Å². The van der Waals surface area contributed by atoms with Gasteiger partial charge in [0.15, 0.2) is 0 Å². The molecule has 0 radical (unpaired) electrons. The maximum absolute atomic E-state index is 13.0. The fourth-order valence-corrected chi connectivity index (χ4v) is 4.87. The highest BCUT2D eigenvalue weighted by Crippen LogP contribution is 2.22. The summed E-state index contributed by atoms with van der Waals surface area (Å²) in [5, 5.41) is 0. The number of benzene rings is 3. The number of aromatic nitrogens is 2. The SMILES string of the molecule is O=c1n(-c2ccc(OCCN3CCSCC3)cc2)ccn1-c1ccc(Oc2ccccc2)cc1. The molecule has 0 spiro atoms. The van der Waals surface area contributed by atoms with Crippen LogP contribution in [-0.4, -0.2) is 51.8 Å². The molecular weight excluding hydrogens is 446 g/mol. The van der Waals surface area contributed by atoms with Crippen molar-refractivity contribution < 1.29 is 9.47 Å². The molecule has 0 aliphatic carbocycles. The maximum atomic E-state index is 13.0. The summed E-state index contributed by atoms with van der Waals surface area (Å²) in [4.78, 5) is 15.5. The zero-order valence-corrected chi connectivity index (χ0v) is 19.7. The highest BCUT2D eigenvalue weighted by atomic mass is 32.2. The summed E-state index contributed by atoms with van der Waals surface area (Å²) in [6, 6.07) is 24.8. The van der Waals surface area contributed by atoms with Gasteiger partial charge in [0, 0.05) is 43.5 Å². The molecule has 1 aliphatic heterocycles. The molecule has 7 heteroatoms. The van der Waals surface area contributed by atoms with Gasteiger partial charge in [-0.1, -0.05) is 18.2 Å². The smallest absolute Gasteiger partial charge is 0.337 e. The lowest BCUT2D eigenvalue weighted by molar-refractivity contribution is 0.222. The third kappa shape index (κ3) is 5.38. The predicted octanol–water partition coefficient (Wildman–Crippen LogP) is 4.85. The Hall–Kier alpha value is -3.42. The molecule has 5 rings (SSSR count). The molecule has 6 nitrogen and oxygen atoms in total. The Morgan fingerprint density at radius 1 is 0.706 bits per heavy atom. The molecule has 2 heterocycles. The number of rotatable bonds is 8. The number of imidazole rings is 1. The number of para-hydroxylation sites is 1. The minimum atomic E-state index is -0.131. The number of ether oxygens (including phenoxy) is 2. The van der Waals surface area contributed by atoms with Crippen molar-refractivity contribution in [2.24, 2.45) is 0 Å². The molecule has 0 amide bonds. The Bertz CT molecular complexity index is 1250. The Labute approximate surface area is 203 Å². The van der Waals surface area contributed by atoms with Gasteiger partial charge in [-0.2, -0.15) is 11.8 Å². The van der Waals surface area contributed by atoms with Crippen LogP contribution >= 0.6 is 11.8 Å². The third-order valence-corrected chi connectivity index (χ3v) is 6.71. The molecule has 34 heavy (non-hydrogen) atoms. The topological polar surface area (TPSA) is 48.6 Å². The first-order valence-electron chi connectivity index (χ1n) is 11.4. The van der Waals surface area contributed by atoms with E-state index in [9.17, 15) is 4.79 Å². The van der Waals surface area contributed by atoms with E-state index in [1.54, 1.807) is 21.5 Å². The van der Waals surface area contributed by atoms with Crippen LogP contribution in [0.25, 0.3) is 11.4 Å². The molecule has 0 unspecified atom stereocenters. The first-order valence-corrected chi connectivity index (χ1v) is 12.6. The van der Waals surface area contributed by atoms with Gasteiger partial charge in [-0.25, -0.2) is 4.79 Å². The average Bonchev–Trinajstić information content (AvgIpc) is 3.27. The van der Waals surface area contributed by atoms with Crippen molar-refractivity contribution in [3.63, 3.8) is 0 Å². The minimum absolute atomic E-state index is 0.131. The molecular formula is C27H27N3O3S. The molecule has 1 fully saturated rings. The standard InChI is InChI=1S/C27H27N3O3S/c31-27-29(22-6-10-24(11-7-22)32-19-16-28-17-20-34-21-18-28)14-15-30(27)23-8-12-26(13-9-23)33-25-4-2-1-3-5-25/h1-15H,16-21H2. The van der Waals surface area contributed by atoms with E-state index in [1.165, 1.54) is 11.5 Å². The molecule has 0 N–H and O–H groups in total. The fourth-order valence-electron chi connectivity index (χ4n) is 3.89. The second-order valence-electron chi connectivity index (χ2n) is 8.03. The third-order valence-electron chi connectivity index (χ3n) is 5.77. The second-order valence-corrected chi connectivity index (χ2v) is 9.25. The monoisotopic (exact) mass is 473 g/mol. The molecule has 3 aromatic carbocycles. The van der Waals surface area contributed by atoms with Crippen LogP contribution in [0.3, 0.4) is 0 Å². The molecule has 1 aliphatic rings. The number of hydrogen-bond acceptors (Lipinski definition) is 5. The fraction of sp³-hybridized carbons (Fsp3) is 0.222. The van der Waals surface area contributed by atoms with Gasteiger partial charge in [0.25, 0.3) is 0 Å². The normalized spacial score (nSPS) is 14.1. The van der Waals surface area contributed by atoms with E-state index in [4.69, 9.17) is 9.47 Å². The Kier molecular flexibility index (Phi) is 7.02. The van der Waals surface area contributed by atoms with Gasteiger partial charge < -0.3 is 9.47 Å². The zero-order valence-electron chi connectivity index (χ0n) is 18.9. The summed E-state index contributed by atoms with van der Waals surface area (Å²) in [5.41, 5.74) is 1.45. The summed E-state index contributed by atoms with van der Waals surface area (Å²) in [6.45, 7) is 3.88. The van der Waals surface area contributed by atoms with Gasteiger partial charge >= 0.3 is 5.69 Å². The van der Waals surface area contributed by atoms with Crippen LogP contribution in [0.5, 0.6) is 17.2 Å². The Morgan fingerprint density at radius 3 is 1.88 bits per heavy atom. The summed E-state index contributed by atoms with van der Waals surface area (Å²) in [6.07, 6.45) is 3.55. The zero-order chi connectivity index (χ0) is 23.2. The molecule has 4 aromatic rings. The van der Waals surface area contributed by atoms with E-state index in [0.29, 0.717) is 6.61 Å². The van der Waals surface area contributed by atoms with Crippen LogP contribution in [0.1, 0.15) is 0 Å². The van der Waals surface area contributed by atoms with Gasteiger partial charge in [0.1, 0.15) is 23.9 Å². The first kappa shape index (κ1) is 22.4. The van der Waals surface area contributed by atoms with Crippen LogP contribution in [0.15, 0.2) is 96.1 Å². The average molecular weight is 474 g/mol. The summed E-state index contributed by atoms with van der Waals surface area (Å²) >= 11 is 2.01. The van der Waals surface area contributed by atoms with Crippen molar-refractivity contribution in [1.82, 2.24) is 14.0 Å². The quantitative estimate of drug-likeness (QED) is 0.366. The lowest BCUT2D eigenvalue weighted by Gasteiger charge is -2.25. The van der Waals surface area contributed by atoms with Gasteiger partial charge in [-0.15, -0.1) is 0 Å². The van der Waals surface area contributed by atoms with Crippen molar-refractivity contribution >= 4 is 11.8 Å². The lowest BCUT2D eigenvalue weighted by atomic mass is 10.3. The molecule has 1 aromatic heterocycles.